The first-order valence-electron chi connectivity index (χ1n) is 7.46. The van der Waals surface area contributed by atoms with E-state index in [1.165, 1.54) is 0 Å². The third-order valence-electron chi connectivity index (χ3n) is 3.49. The molecule has 0 radical (unpaired) electrons. The maximum Gasteiger partial charge on any atom is 0.260 e. The van der Waals surface area contributed by atoms with Crippen LogP contribution in [0, 0.1) is 0 Å². The second-order valence-corrected chi connectivity index (χ2v) is 5.40. The van der Waals surface area contributed by atoms with Crippen LogP contribution in [0.2, 0.25) is 5.02 Å². The minimum absolute atomic E-state index is 0.00915. The molecule has 0 spiro atoms. The number of nitrogens with two attached hydrogens (primary N) is 1. The van der Waals surface area contributed by atoms with Crippen molar-refractivity contribution in [3.05, 3.63) is 28.8 Å². The highest BCUT2D eigenvalue weighted by Gasteiger charge is 2.12. The minimum atomic E-state index is -0.0341. The van der Waals surface area contributed by atoms with E-state index in [9.17, 15) is 4.79 Å². The van der Waals surface area contributed by atoms with Gasteiger partial charge in [0.2, 0.25) is 0 Å². The highest BCUT2D eigenvalue weighted by molar-refractivity contribution is 6.32. The lowest BCUT2D eigenvalue weighted by Crippen LogP contribution is -2.34. The second kappa shape index (κ2) is 8.90. The molecular formula is C16H25ClN2O2. The predicted octanol–water partition coefficient (Wildman–Crippen LogP) is 2.87. The molecule has 0 aliphatic heterocycles. The van der Waals surface area contributed by atoms with Gasteiger partial charge in [-0.15, -0.1) is 0 Å². The minimum Gasteiger partial charge on any atom is -0.482 e. The van der Waals surface area contributed by atoms with Crippen LogP contribution in [0.1, 0.15) is 32.8 Å². The molecule has 0 heterocycles. The summed E-state index contributed by atoms with van der Waals surface area (Å²) in [6.45, 7) is 7.32. The first-order valence-corrected chi connectivity index (χ1v) is 7.84. The van der Waals surface area contributed by atoms with Crippen molar-refractivity contribution in [3.63, 3.8) is 0 Å². The number of amides is 1. The zero-order chi connectivity index (χ0) is 15.8. The van der Waals surface area contributed by atoms with Crippen LogP contribution >= 0.6 is 11.6 Å². The summed E-state index contributed by atoms with van der Waals surface area (Å²) >= 11 is 6.20. The van der Waals surface area contributed by atoms with Crippen molar-refractivity contribution in [1.82, 2.24) is 4.90 Å². The van der Waals surface area contributed by atoms with E-state index in [4.69, 9.17) is 22.1 Å². The molecule has 0 aliphatic carbocycles. The van der Waals surface area contributed by atoms with Gasteiger partial charge in [-0.1, -0.05) is 24.6 Å². The number of nitrogens with zero attached hydrogens (tertiary/aromatic N) is 1. The smallest absolute Gasteiger partial charge is 0.260 e. The molecule has 1 aromatic carbocycles. The van der Waals surface area contributed by atoms with Crippen LogP contribution in [0.25, 0.3) is 0 Å². The average molecular weight is 313 g/mol. The van der Waals surface area contributed by atoms with Gasteiger partial charge in [-0.3, -0.25) is 4.79 Å². The molecule has 0 fully saturated rings. The van der Waals surface area contributed by atoms with Gasteiger partial charge in [0.25, 0.3) is 5.91 Å². The van der Waals surface area contributed by atoms with E-state index in [0.29, 0.717) is 23.9 Å². The quantitative estimate of drug-likeness (QED) is 0.803. The SMILES string of the molecule is CCC(N)Cc1ccc(OCC(=O)N(CC)CC)c(Cl)c1. The Balaban J connectivity index is 2.62. The molecule has 1 atom stereocenters. The molecule has 5 heteroatoms. The van der Waals surface area contributed by atoms with E-state index in [0.717, 1.165) is 18.4 Å². The Labute approximate surface area is 132 Å². The molecular weight excluding hydrogens is 288 g/mol. The van der Waals surface area contributed by atoms with Crippen LogP contribution in [0.5, 0.6) is 5.75 Å². The summed E-state index contributed by atoms with van der Waals surface area (Å²) in [6, 6.07) is 5.74. The molecule has 0 bridgehead atoms. The Morgan fingerprint density at radius 3 is 2.52 bits per heavy atom. The number of halogens is 1. The van der Waals surface area contributed by atoms with Gasteiger partial charge >= 0.3 is 0 Å². The number of carbonyl (C=O) groups is 1. The summed E-state index contributed by atoms with van der Waals surface area (Å²) in [7, 11) is 0. The van der Waals surface area contributed by atoms with Crippen LogP contribution < -0.4 is 10.5 Å². The van der Waals surface area contributed by atoms with Crippen molar-refractivity contribution in [3.8, 4) is 5.75 Å². The summed E-state index contributed by atoms with van der Waals surface area (Å²) in [5, 5.41) is 0.517. The van der Waals surface area contributed by atoms with Crippen LogP contribution in [0.15, 0.2) is 18.2 Å². The molecule has 1 aromatic rings. The number of rotatable bonds is 8. The number of hydrogen-bond donors (Lipinski definition) is 1. The van der Waals surface area contributed by atoms with Gasteiger partial charge in [0.15, 0.2) is 6.61 Å². The Bertz CT molecular complexity index is 462. The zero-order valence-corrected chi connectivity index (χ0v) is 13.8. The van der Waals surface area contributed by atoms with Gasteiger partial charge in [0, 0.05) is 19.1 Å². The van der Waals surface area contributed by atoms with Gasteiger partial charge in [0.1, 0.15) is 5.75 Å². The molecule has 4 nitrogen and oxygen atoms in total. The maximum absolute atomic E-state index is 11.9. The number of benzene rings is 1. The summed E-state index contributed by atoms with van der Waals surface area (Å²) in [5.74, 6) is 0.499. The molecule has 118 valence electrons. The molecule has 0 saturated carbocycles. The molecule has 0 aromatic heterocycles. The summed E-state index contributed by atoms with van der Waals surface area (Å²) < 4.78 is 5.52. The Morgan fingerprint density at radius 2 is 2.00 bits per heavy atom. The van der Waals surface area contributed by atoms with Crippen molar-refractivity contribution >= 4 is 17.5 Å². The monoisotopic (exact) mass is 312 g/mol. The normalized spacial score (nSPS) is 12.0. The van der Waals surface area contributed by atoms with E-state index in [1.54, 1.807) is 11.0 Å². The number of carbonyl (C=O) groups excluding carboxylic acids is 1. The number of hydrogen-bond acceptors (Lipinski definition) is 3. The third-order valence-corrected chi connectivity index (χ3v) is 3.78. The van der Waals surface area contributed by atoms with Crippen LogP contribution in [0.4, 0.5) is 0 Å². The van der Waals surface area contributed by atoms with E-state index in [1.807, 2.05) is 26.0 Å². The topological polar surface area (TPSA) is 55.6 Å². The first-order chi connectivity index (χ1) is 10.0. The fourth-order valence-electron chi connectivity index (χ4n) is 2.04. The van der Waals surface area contributed by atoms with Gasteiger partial charge in [-0.05, 0) is 44.4 Å². The molecule has 0 saturated heterocycles. The fraction of sp³-hybridized carbons (Fsp3) is 0.562. The summed E-state index contributed by atoms with van der Waals surface area (Å²) in [5.41, 5.74) is 7.01. The van der Waals surface area contributed by atoms with E-state index >= 15 is 0 Å². The van der Waals surface area contributed by atoms with Gasteiger partial charge in [-0.2, -0.15) is 0 Å². The first kappa shape index (κ1) is 17.8. The number of likely N-dealkylation sites (N-methyl/N-ethyl adjacent to an activating group) is 1. The summed E-state index contributed by atoms with van der Waals surface area (Å²) in [6.07, 6.45) is 1.71. The van der Waals surface area contributed by atoms with Gasteiger partial charge < -0.3 is 15.4 Å². The van der Waals surface area contributed by atoms with Crippen molar-refractivity contribution in [2.24, 2.45) is 5.73 Å². The zero-order valence-electron chi connectivity index (χ0n) is 13.1. The fourth-order valence-corrected chi connectivity index (χ4v) is 2.30. The highest BCUT2D eigenvalue weighted by Crippen LogP contribution is 2.26. The van der Waals surface area contributed by atoms with Crippen molar-refractivity contribution < 1.29 is 9.53 Å². The van der Waals surface area contributed by atoms with Crippen LogP contribution in [0.3, 0.4) is 0 Å². The lowest BCUT2D eigenvalue weighted by Gasteiger charge is -2.19. The van der Waals surface area contributed by atoms with Gasteiger partial charge in [0.05, 0.1) is 5.02 Å². The lowest BCUT2D eigenvalue weighted by molar-refractivity contribution is -0.132. The van der Waals surface area contributed by atoms with Crippen molar-refractivity contribution in [2.45, 2.75) is 39.7 Å². The molecule has 21 heavy (non-hydrogen) atoms. The molecule has 1 amide bonds. The molecule has 0 aliphatic rings. The van der Waals surface area contributed by atoms with E-state index in [2.05, 4.69) is 6.92 Å². The Kier molecular flexibility index (Phi) is 7.54. The molecule has 1 unspecified atom stereocenters. The van der Waals surface area contributed by atoms with Gasteiger partial charge in [-0.25, -0.2) is 0 Å². The second-order valence-electron chi connectivity index (χ2n) is 4.99. The predicted molar refractivity (Wildman–Crippen MR) is 86.8 cm³/mol. The van der Waals surface area contributed by atoms with Crippen molar-refractivity contribution in [2.75, 3.05) is 19.7 Å². The van der Waals surface area contributed by atoms with E-state index in [-0.39, 0.29) is 18.6 Å². The van der Waals surface area contributed by atoms with Crippen LogP contribution in [-0.2, 0) is 11.2 Å². The highest BCUT2D eigenvalue weighted by atomic mass is 35.5. The lowest BCUT2D eigenvalue weighted by atomic mass is 10.0. The average Bonchev–Trinajstić information content (AvgIpc) is 2.47. The number of ether oxygens (including phenoxy) is 1. The standard InChI is InChI=1S/C16H25ClN2O2/c1-4-13(18)9-12-7-8-15(14(17)10-12)21-11-16(20)19(5-2)6-3/h7-8,10,13H,4-6,9,11,18H2,1-3H3. The summed E-state index contributed by atoms with van der Waals surface area (Å²) in [4.78, 5) is 13.6. The maximum atomic E-state index is 11.9. The Hall–Kier alpha value is -1.26. The van der Waals surface area contributed by atoms with E-state index < -0.39 is 0 Å². The largest absolute Gasteiger partial charge is 0.482 e. The van der Waals surface area contributed by atoms with Crippen LogP contribution in [-0.4, -0.2) is 36.5 Å². The molecule has 1 rings (SSSR count). The third kappa shape index (κ3) is 5.56. The molecule has 2 N–H and O–H groups in total. The van der Waals surface area contributed by atoms with Crippen molar-refractivity contribution in [1.29, 1.82) is 0 Å². The Morgan fingerprint density at radius 1 is 1.33 bits per heavy atom.